The molecule has 6 aromatic rings. The number of alkyl halides is 3. The van der Waals surface area contributed by atoms with E-state index in [1.54, 1.807) is 13.2 Å². The van der Waals surface area contributed by atoms with Crippen molar-refractivity contribution in [2.45, 2.75) is 19.5 Å². The molecule has 0 aliphatic carbocycles. The Bertz CT molecular complexity index is 2100. The molecule has 0 saturated heterocycles. The van der Waals surface area contributed by atoms with E-state index in [1.165, 1.54) is 36.0 Å². The zero-order valence-electron chi connectivity index (χ0n) is 22.8. The van der Waals surface area contributed by atoms with E-state index in [4.69, 9.17) is 4.74 Å². The molecule has 0 fully saturated rings. The molecular weight excluding hydrogens is 564 g/mol. The Morgan fingerprint density at radius 3 is 2.51 bits per heavy atom. The predicted molar refractivity (Wildman–Crippen MR) is 153 cm³/mol. The number of nitrogens with zero attached hydrogens (tertiary/aromatic N) is 3. The van der Waals surface area contributed by atoms with E-state index >= 15 is 4.39 Å². The van der Waals surface area contributed by atoms with Gasteiger partial charge in [0.25, 0.3) is 0 Å². The van der Waals surface area contributed by atoms with Gasteiger partial charge >= 0.3 is 6.18 Å². The molecule has 0 aliphatic rings. The Labute approximate surface area is 241 Å². The van der Waals surface area contributed by atoms with Gasteiger partial charge in [0.1, 0.15) is 12.0 Å². The lowest BCUT2D eigenvalue weighted by Gasteiger charge is -2.15. The molecule has 0 bridgehead atoms. The van der Waals surface area contributed by atoms with Gasteiger partial charge in [-0.15, -0.1) is 0 Å². The molecule has 3 aromatic heterocycles. The van der Waals surface area contributed by atoms with Gasteiger partial charge in [-0.3, -0.25) is 9.59 Å². The molecule has 216 valence electrons. The quantitative estimate of drug-likeness (QED) is 0.165. The van der Waals surface area contributed by atoms with Crippen molar-refractivity contribution >= 4 is 27.7 Å². The topological polar surface area (TPSA) is 89.9 Å². The van der Waals surface area contributed by atoms with Gasteiger partial charge in [-0.1, -0.05) is 36.4 Å². The molecule has 43 heavy (non-hydrogen) atoms. The number of nitrogens with one attached hydrogen (secondary N) is 1. The first-order valence-electron chi connectivity index (χ1n) is 13.1. The lowest BCUT2D eigenvalue weighted by atomic mass is 9.98. The fourth-order valence-electron chi connectivity index (χ4n) is 5.13. The molecular formula is C32H22F4N4O3. The highest BCUT2D eigenvalue weighted by atomic mass is 19.4. The summed E-state index contributed by atoms with van der Waals surface area (Å²) < 4.78 is 62.5. The molecule has 0 aliphatic heterocycles. The molecule has 0 unspecified atom stereocenters. The number of Topliss-reactive ketones (excluding diaryl/α,β-unsaturated/α-hetero) is 1. The van der Waals surface area contributed by atoms with Crippen molar-refractivity contribution in [3.8, 4) is 22.8 Å². The van der Waals surface area contributed by atoms with Gasteiger partial charge in [0.2, 0.25) is 5.88 Å². The van der Waals surface area contributed by atoms with E-state index in [9.17, 15) is 22.8 Å². The predicted octanol–water partition coefficient (Wildman–Crippen LogP) is 7.16. The number of aromatic nitrogens is 4. The third-order valence-electron chi connectivity index (χ3n) is 7.39. The molecule has 1 N–H and O–H groups in total. The SMILES string of the molecule is Cc1c(C(=O)Cc2ccc(Oc3ncnc4[nH]cc(-c5ccccc5)c34)c(F)c2)c(=O)c2cc(C(F)(F)F)ccc2n1C. The second kappa shape index (κ2) is 10.5. The van der Waals surface area contributed by atoms with Crippen LogP contribution in [0, 0.1) is 12.7 Å². The number of ketones is 1. The summed E-state index contributed by atoms with van der Waals surface area (Å²) in [5.74, 6) is -1.44. The van der Waals surface area contributed by atoms with Gasteiger partial charge in [0, 0.05) is 36.3 Å². The molecule has 0 amide bonds. The number of carbonyl (C=O) groups is 1. The summed E-state index contributed by atoms with van der Waals surface area (Å²) >= 11 is 0. The molecule has 7 nitrogen and oxygen atoms in total. The average molecular weight is 587 g/mol. The van der Waals surface area contributed by atoms with E-state index in [-0.39, 0.29) is 45.8 Å². The number of fused-ring (bicyclic) bond motifs is 2. The van der Waals surface area contributed by atoms with Gasteiger partial charge < -0.3 is 14.3 Å². The van der Waals surface area contributed by atoms with Crippen LogP contribution in [0.5, 0.6) is 11.6 Å². The van der Waals surface area contributed by atoms with E-state index in [2.05, 4.69) is 15.0 Å². The Kier molecular flexibility index (Phi) is 6.80. The van der Waals surface area contributed by atoms with Crippen LogP contribution in [-0.2, 0) is 19.6 Å². The second-order valence-corrected chi connectivity index (χ2v) is 10.0. The maximum Gasteiger partial charge on any atom is 0.416 e. The van der Waals surface area contributed by atoms with Crippen LogP contribution in [0.3, 0.4) is 0 Å². The Morgan fingerprint density at radius 2 is 1.79 bits per heavy atom. The molecule has 11 heteroatoms. The van der Waals surface area contributed by atoms with Gasteiger partial charge in [-0.05, 0) is 48.4 Å². The van der Waals surface area contributed by atoms with Crippen molar-refractivity contribution in [1.29, 1.82) is 0 Å². The molecule has 0 atom stereocenters. The number of ether oxygens (including phenoxy) is 1. The summed E-state index contributed by atoms with van der Waals surface area (Å²) in [5.41, 5.74) is 0.896. The number of halogens is 4. The van der Waals surface area contributed by atoms with Crippen LogP contribution in [-0.4, -0.2) is 25.3 Å². The second-order valence-electron chi connectivity index (χ2n) is 10.0. The van der Waals surface area contributed by atoms with Crippen LogP contribution in [0.2, 0.25) is 0 Å². The van der Waals surface area contributed by atoms with E-state index in [0.717, 1.165) is 29.3 Å². The largest absolute Gasteiger partial charge is 0.435 e. The number of H-pyrrole nitrogens is 1. The highest BCUT2D eigenvalue weighted by Gasteiger charge is 2.31. The first kappa shape index (κ1) is 27.8. The minimum atomic E-state index is -4.66. The van der Waals surface area contributed by atoms with Gasteiger partial charge in [0.05, 0.1) is 22.0 Å². The minimum Gasteiger partial charge on any atom is -0.435 e. The Hall–Kier alpha value is -5.32. The van der Waals surface area contributed by atoms with Crippen LogP contribution in [0.1, 0.15) is 27.2 Å². The maximum absolute atomic E-state index is 15.3. The highest BCUT2D eigenvalue weighted by Crippen LogP contribution is 2.36. The number of aromatic amines is 1. The molecule has 3 aromatic carbocycles. The number of carbonyl (C=O) groups excluding carboxylic acids is 1. The normalized spacial score (nSPS) is 11.8. The zero-order chi connectivity index (χ0) is 30.5. The van der Waals surface area contributed by atoms with E-state index in [1.807, 2.05) is 30.3 Å². The smallest absolute Gasteiger partial charge is 0.416 e. The van der Waals surface area contributed by atoms with Gasteiger partial charge in [-0.25, -0.2) is 14.4 Å². The summed E-state index contributed by atoms with van der Waals surface area (Å²) in [7, 11) is 1.56. The maximum atomic E-state index is 15.3. The van der Waals surface area contributed by atoms with Crippen molar-refractivity contribution in [2.75, 3.05) is 0 Å². The minimum absolute atomic E-state index is 0.126. The van der Waals surface area contributed by atoms with Crippen LogP contribution in [0.15, 0.2) is 84.0 Å². The number of hydrogen-bond acceptors (Lipinski definition) is 5. The van der Waals surface area contributed by atoms with E-state index < -0.39 is 28.8 Å². The van der Waals surface area contributed by atoms with Crippen molar-refractivity contribution < 1.29 is 27.1 Å². The average Bonchev–Trinajstić information content (AvgIpc) is 3.42. The van der Waals surface area contributed by atoms with Gasteiger partial charge in [-0.2, -0.15) is 13.2 Å². The van der Waals surface area contributed by atoms with Crippen molar-refractivity contribution in [3.05, 3.63) is 118 Å². The molecule has 0 saturated carbocycles. The van der Waals surface area contributed by atoms with Gasteiger partial charge in [0.15, 0.2) is 22.8 Å². The van der Waals surface area contributed by atoms with Crippen molar-refractivity contribution in [2.24, 2.45) is 7.05 Å². The van der Waals surface area contributed by atoms with Crippen LogP contribution in [0.25, 0.3) is 33.1 Å². The monoisotopic (exact) mass is 586 g/mol. The summed E-state index contributed by atoms with van der Waals surface area (Å²) in [5, 5.41) is 0.334. The number of aryl methyl sites for hydroxylation is 1. The fourth-order valence-corrected chi connectivity index (χ4v) is 5.13. The Balaban J connectivity index is 1.31. The third kappa shape index (κ3) is 5.03. The summed E-state index contributed by atoms with van der Waals surface area (Å²) in [6, 6.07) is 16.3. The zero-order valence-corrected chi connectivity index (χ0v) is 22.8. The van der Waals surface area contributed by atoms with Crippen molar-refractivity contribution in [1.82, 2.24) is 19.5 Å². The lowest BCUT2D eigenvalue weighted by molar-refractivity contribution is -0.137. The highest BCUT2D eigenvalue weighted by molar-refractivity contribution is 6.01. The first-order chi connectivity index (χ1) is 20.5. The molecule has 0 radical (unpaired) electrons. The number of benzene rings is 3. The van der Waals surface area contributed by atoms with E-state index in [0.29, 0.717) is 11.0 Å². The van der Waals surface area contributed by atoms with Crippen LogP contribution >= 0.6 is 0 Å². The van der Waals surface area contributed by atoms with Crippen LogP contribution in [0.4, 0.5) is 17.6 Å². The molecule has 3 heterocycles. The third-order valence-corrected chi connectivity index (χ3v) is 7.39. The number of hydrogen-bond donors (Lipinski definition) is 1. The Morgan fingerprint density at radius 1 is 1.02 bits per heavy atom. The summed E-state index contributed by atoms with van der Waals surface area (Å²) in [4.78, 5) is 38.0. The molecule has 6 rings (SSSR count). The van der Waals surface area contributed by atoms with Crippen molar-refractivity contribution in [3.63, 3.8) is 0 Å². The summed E-state index contributed by atoms with van der Waals surface area (Å²) in [6.07, 6.45) is -1.96. The summed E-state index contributed by atoms with van der Waals surface area (Å²) in [6.45, 7) is 1.54. The lowest BCUT2D eigenvalue weighted by Crippen LogP contribution is -2.23. The first-order valence-corrected chi connectivity index (χ1v) is 13.1. The molecule has 0 spiro atoms. The number of rotatable bonds is 6. The number of pyridine rings is 1. The fraction of sp³-hybridized carbons (Fsp3) is 0.125. The standard InChI is InChI=1S/C32H22F4N4O3/c1-17-27(29(42)21-14-20(32(34,35)36)9-10-24(21)40(17)2)25(41)13-18-8-11-26(23(33)12-18)43-31-28-22(19-6-4-3-5-7-19)15-37-30(28)38-16-39-31/h3-12,14-16H,13H2,1-2H3,(H,37,38,39). The van der Waals surface area contributed by atoms with Crippen LogP contribution < -0.4 is 10.2 Å².